The molecular weight excluding hydrogens is 591 g/mol. The predicted octanol–water partition coefficient (Wildman–Crippen LogP) is 2.66. The standard InChI is InChI=1S/C28H32F3N5O6S/c1-4-27(40,26(38)39)13-36-22-19(12-42-36)35(14-28(22,30)31)11-18-20(25(37)41-5-2)21(16-7-6-8-17(29)15(16)3)34-23(33-18)24-32-9-10-43-24/h6-10,19,21-22,40H,4-5,11-14H2,1-3H3,(H,33,34)(H,38,39)/t19-,21+,22+,27?/m1/s1. The van der Waals surface area contributed by atoms with Gasteiger partial charge < -0.3 is 20.3 Å². The minimum absolute atomic E-state index is 0.0344. The number of thiazole rings is 1. The zero-order chi connectivity index (χ0) is 31.1. The SMILES string of the molecule is CCOC(=O)C1=C(CN2CC(F)(F)[C@@H]3[C@H]2CON3CC(O)(CC)C(=O)O)NC(c2nccs2)=N[C@H]1c1cccc(F)c1C. The number of aliphatic carboxylic acids is 1. The summed E-state index contributed by atoms with van der Waals surface area (Å²) in [4.78, 5) is 41.1. The first-order valence-electron chi connectivity index (χ1n) is 13.8. The van der Waals surface area contributed by atoms with Gasteiger partial charge in [-0.25, -0.2) is 27.7 Å². The monoisotopic (exact) mass is 623 g/mol. The van der Waals surface area contributed by atoms with Gasteiger partial charge >= 0.3 is 11.9 Å². The van der Waals surface area contributed by atoms with E-state index in [1.165, 1.54) is 35.3 Å². The first kappa shape index (κ1) is 31.1. The Balaban J connectivity index is 1.54. The molecule has 11 nitrogen and oxygen atoms in total. The minimum atomic E-state index is -3.35. The van der Waals surface area contributed by atoms with E-state index in [1.807, 2.05) is 0 Å². The van der Waals surface area contributed by atoms with Crippen LogP contribution in [-0.2, 0) is 19.2 Å². The van der Waals surface area contributed by atoms with Crippen molar-refractivity contribution in [3.8, 4) is 0 Å². The number of esters is 1. The number of amidine groups is 1. The van der Waals surface area contributed by atoms with Crippen molar-refractivity contribution < 1.29 is 42.5 Å². The van der Waals surface area contributed by atoms with Crippen molar-refractivity contribution in [2.24, 2.45) is 4.99 Å². The van der Waals surface area contributed by atoms with E-state index in [0.717, 1.165) is 5.06 Å². The molecule has 2 aromatic rings. The molecule has 0 aliphatic carbocycles. The number of aliphatic hydroxyl groups is 1. The number of hydrogen-bond donors (Lipinski definition) is 3. The molecule has 0 amide bonds. The van der Waals surface area contributed by atoms with Gasteiger partial charge in [0.05, 0.1) is 37.9 Å². The van der Waals surface area contributed by atoms with Crippen molar-refractivity contribution >= 4 is 29.1 Å². The predicted molar refractivity (Wildman–Crippen MR) is 149 cm³/mol. The number of carbonyl (C=O) groups is 2. The lowest BCUT2D eigenvalue weighted by atomic mass is 9.92. The average molecular weight is 624 g/mol. The maximum absolute atomic E-state index is 15.6. The molecule has 3 aliphatic rings. The Bertz CT molecular complexity index is 1450. The van der Waals surface area contributed by atoms with E-state index in [4.69, 9.17) is 14.6 Å². The number of aromatic nitrogens is 1. The van der Waals surface area contributed by atoms with E-state index in [2.05, 4.69) is 10.3 Å². The van der Waals surface area contributed by atoms with E-state index in [-0.39, 0.29) is 48.8 Å². The Labute approximate surface area is 249 Å². The number of ether oxygens (including phenoxy) is 1. The topological polar surface area (TPSA) is 137 Å². The Kier molecular flexibility index (Phi) is 8.64. The summed E-state index contributed by atoms with van der Waals surface area (Å²) in [6.45, 7) is 2.92. The molecular formula is C28H32F3N5O6S. The molecule has 1 unspecified atom stereocenters. The second-order valence-corrected chi connectivity index (χ2v) is 11.5. The van der Waals surface area contributed by atoms with Crippen LogP contribution in [0.3, 0.4) is 0 Å². The number of carbonyl (C=O) groups excluding carboxylic acids is 1. The van der Waals surface area contributed by atoms with Gasteiger partial charge in [0.25, 0.3) is 5.92 Å². The number of fused-ring (bicyclic) bond motifs is 1. The van der Waals surface area contributed by atoms with E-state index < -0.39 is 60.5 Å². The van der Waals surface area contributed by atoms with Gasteiger partial charge in [-0.3, -0.25) is 14.7 Å². The number of aliphatic imine (C=N–C) groups is 1. The van der Waals surface area contributed by atoms with Gasteiger partial charge in [0.15, 0.2) is 16.4 Å². The highest BCUT2D eigenvalue weighted by molar-refractivity contribution is 7.11. The number of halogens is 3. The molecule has 15 heteroatoms. The van der Waals surface area contributed by atoms with E-state index >= 15 is 8.78 Å². The number of rotatable bonds is 10. The van der Waals surface area contributed by atoms with Crippen LogP contribution in [0.25, 0.3) is 0 Å². The Morgan fingerprint density at radius 2 is 2.09 bits per heavy atom. The van der Waals surface area contributed by atoms with Crippen LogP contribution in [0.4, 0.5) is 13.2 Å². The van der Waals surface area contributed by atoms with Crippen LogP contribution >= 0.6 is 11.3 Å². The third-order valence-electron chi connectivity index (χ3n) is 8.02. The molecule has 43 heavy (non-hydrogen) atoms. The summed E-state index contributed by atoms with van der Waals surface area (Å²) in [6, 6.07) is 0.977. The van der Waals surface area contributed by atoms with Gasteiger partial charge in [0.1, 0.15) is 17.9 Å². The minimum Gasteiger partial charge on any atom is -0.479 e. The second kappa shape index (κ2) is 12.0. The molecule has 4 atom stereocenters. The lowest BCUT2D eigenvalue weighted by Gasteiger charge is -2.31. The van der Waals surface area contributed by atoms with Gasteiger partial charge in [0, 0.05) is 23.8 Å². The number of benzene rings is 1. The van der Waals surface area contributed by atoms with Gasteiger partial charge in [-0.15, -0.1) is 11.3 Å². The first-order valence-corrected chi connectivity index (χ1v) is 14.6. The molecule has 0 spiro atoms. The Morgan fingerprint density at radius 1 is 1.33 bits per heavy atom. The van der Waals surface area contributed by atoms with Crippen LogP contribution in [0.5, 0.6) is 0 Å². The third-order valence-corrected chi connectivity index (χ3v) is 8.80. The maximum atomic E-state index is 15.6. The molecule has 232 valence electrons. The zero-order valence-electron chi connectivity index (χ0n) is 23.7. The van der Waals surface area contributed by atoms with Gasteiger partial charge in [-0.05, 0) is 37.5 Å². The van der Waals surface area contributed by atoms with Crippen molar-refractivity contribution in [1.82, 2.24) is 20.3 Å². The molecule has 0 saturated carbocycles. The normalized spacial score (nSPS) is 25.2. The largest absolute Gasteiger partial charge is 0.479 e. The first-order chi connectivity index (χ1) is 20.4. The van der Waals surface area contributed by atoms with Crippen molar-refractivity contribution in [3.05, 3.63) is 63.0 Å². The molecule has 2 fully saturated rings. The number of alkyl halides is 2. The molecule has 3 aliphatic heterocycles. The van der Waals surface area contributed by atoms with E-state index in [0.29, 0.717) is 10.6 Å². The highest BCUT2D eigenvalue weighted by atomic mass is 32.1. The molecule has 1 aromatic heterocycles. The quantitative estimate of drug-likeness (QED) is 0.339. The highest BCUT2D eigenvalue weighted by Crippen LogP contribution is 2.42. The number of carboxylic acid groups (broad SMARTS) is 1. The molecule has 4 heterocycles. The smallest absolute Gasteiger partial charge is 0.338 e. The third kappa shape index (κ3) is 5.79. The number of carboxylic acids is 1. The number of nitrogens with one attached hydrogen (secondary N) is 1. The number of likely N-dealkylation sites (tertiary alicyclic amines) is 1. The number of hydroxylamine groups is 2. The lowest BCUT2D eigenvalue weighted by molar-refractivity contribution is -0.213. The summed E-state index contributed by atoms with van der Waals surface area (Å²) in [5.41, 5.74) is -1.32. The van der Waals surface area contributed by atoms with Crippen molar-refractivity contribution in [2.45, 2.75) is 56.8 Å². The van der Waals surface area contributed by atoms with E-state index in [1.54, 1.807) is 31.5 Å². The molecule has 2 saturated heterocycles. The maximum Gasteiger partial charge on any atom is 0.338 e. The molecule has 0 radical (unpaired) electrons. The van der Waals surface area contributed by atoms with Crippen LogP contribution in [0.15, 0.2) is 46.0 Å². The fourth-order valence-corrected chi connectivity index (χ4v) is 6.27. The number of nitrogens with zero attached hydrogens (tertiary/aromatic N) is 4. The van der Waals surface area contributed by atoms with Crippen LogP contribution in [0, 0.1) is 12.7 Å². The van der Waals surface area contributed by atoms with E-state index in [9.17, 15) is 24.2 Å². The van der Waals surface area contributed by atoms with Crippen molar-refractivity contribution in [1.29, 1.82) is 0 Å². The Hall–Kier alpha value is -3.37. The summed E-state index contributed by atoms with van der Waals surface area (Å²) in [5, 5.41) is 26.2. The van der Waals surface area contributed by atoms with Gasteiger partial charge in [0.2, 0.25) is 0 Å². The lowest BCUT2D eigenvalue weighted by Crippen LogP contribution is -2.54. The molecule has 1 aromatic carbocycles. The zero-order valence-corrected chi connectivity index (χ0v) is 24.5. The summed E-state index contributed by atoms with van der Waals surface area (Å²) < 4.78 is 51.2. The fourth-order valence-electron chi connectivity index (χ4n) is 5.69. The van der Waals surface area contributed by atoms with Crippen LogP contribution < -0.4 is 5.32 Å². The van der Waals surface area contributed by atoms with Crippen LogP contribution in [0.2, 0.25) is 0 Å². The summed E-state index contributed by atoms with van der Waals surface area (Å²) in [7, 11) is 0. The fraction of sp³-hybridized carbons (Fsp3) is 0.500. The summed E-state index contributed by atoms with van der Waals surface area (Å²) >= 11 is 1.27. The molecule has 3 N–H and O–H groups in total. The van der Waals surface area contributed by atoms with Crippen LogP contribution in [-0.4, -0.2) is 99.4 Å². The average Bonchev–Trinajstić information content (AvgIpc) is 3.69. The van der Waals surface area contributed by atoms with Crippen molar-refractivity contribution in [3.63, 3.8) is 0 Å². The number of hydrogen-bond acceptors (Lipinski definition) is 11. The summed E-state index contributed by atoms with van der Waals surface area (Å²) in [5.74, 6) is -5.83. The summed E-state index contributed by atoms with van der Waals surface area (Å²) in [6.07, 6.45) is 1.36. The molecule has 5 rings (SSSR count). The second-order valence-electron chi connectivity index (χ2n) is 10.6. The number of β-amino-alcohol motifs (C(OH)–C–C–N with tert-alkyl or cyclic N) is 1. The van der Waals surface area contributed by atoms with Crippen molar-refractivity contribution in [2.75, 3.05) is 32.8 Å². The molecule has 0 bridgehead atoms. The Morgan fingerprint density at radius 3 is 2.74 bits per heavy atom. The van der Waals surface area contributed by atoms with Gasteiger partial charge in [-0.2, -0.15) is 5.06 Å². The highest BCUT2D eigenvalue weighted by Gasteiger charge is 2.62. The van der Waals surface area contributed by atoms with Gasteiger partial charge in [-0.1, -0.05) is 19.1 Å². The van der Waals surface area contributed by atoms with Crippen LogP contribution in [0.1, 0.15) is 42.4 Å².